The minimum absolute atomic E-state index is 0.000451. The summed E-state index contributed by atoms with van der Waals surface area (Å²) >= 11 is 0. The molecule has 1 aromatic carbocycles. The van der Waals surface area contributed by atoms with Crippen molar-refractivity contribution in [1.29, 1.82) is 5.26 Å². The van der Waals surface area contributed by atoms with Crippen LogP contribution in [0.15, 0.2) is 30.6 Å². The Morgan fingerprint density at radius 1 is 1.21 bits per heavy atom. The average Bonchev–Trinajstić information content (AvgIpc) is 3.16. The topological polar surface area (TPSA) is 98.1 Å². The SMILES string of the molecule is C=C(F)C(=O)N1CCN(c2nc(OCC3(CN(C)C)COC3)nc3c2CCCN(c2c(F)cccc2F)C3)C[C@@H]1CC#N. The van der Waals surface area contributed by atoms with Gasteiger partial charge in [-0.2, -0.15) is 15.2 Å². The van der Waals surface area contributed by atoms with Crippen LogP contribution in [0.4, 0.5) is 24.7 Å². The number of halogens is 3. The fourth-order valence-electron chi connectivity index (χ4n) is 6.15. The summed E-state index contributed by atoms with van der Waals surface area (Å²) in [5.41, 5.74) is 1.06. The quantitative estimate of drug-likeness (QED) is 0.403. The summed E-state index contributed by atoms with van der Waals surface area (Å²) < 4.78 is 55.1. The summed E-state index contributed by atoms with van der Waals surface area (Å²) in [6.45, 7) is 6.52. The molecule has 0 bridgehead atoms. The summed E-state index contributed by atoms with van der Waals surface area (Å²) in [4.78, 5) is 29.0. The van der Waals surface area contributed by atoms with Crippen LogP contribution >= 0.6 is 0 Å². The minimum Gasteiger partial charge on any atom is -0.463 e. The Kier molecular flexibility index (Phi) is 9.08. The summed E-state index contributed by atoms with van der Waals surface area (Å²) in [6.07, 6.45) is 1.13. The second-order valence-corrected chi connectivity index (χ2v) is 11.7. The highest BCUT2D eigenvalue weighted by Gasteiger charge is 2.41. The Morgan fingerprint density at radius 3 is 2.58 bits per heavy atom. The molecule has 2 saturated heterocycles. The zero-order valence-electron chi connectivity index (χ0n) is 24.5. The number of hydrogen-bond donors (Lipinski definition) is 0. The highest BCUT2D eigenvalue weighted by molar-refractivity contribution is 5.91. The maximum atomic E-state index is 14.8. The predicted molar refractivity (Wildman–Crippen MR) is 153 cm³/mol. The Balaban J connectivity index is 1.50. The Morgan fingerprint density at radius 2 is 1.95 bits per heavy atom. The summed E-state index contributed by atoms with van der Waals surface area (Å²) in [7, 11) is 3.96. The van der Waals surface area contributed by atoms with Crippen LogP contribution in [-0.4, -0.2) is 98.4 Å². The Labute approximate surface area is 249 Å². The van der Waals surface area contributed by atoms with Crippen LogP contribution in [0, 0.1) is 28.4 Å². The molecule has 1 atom stereocenters. The summed E-state index contributed by atoms with van der Waals surface area (Å²) in [6, 6.07) is 5.44. The van der Waals surface area contributed by atoms with E-state index in [9.17, 15) is 23.2 Å². The van der Waals surface area contributed by atoms with Gasteiger partial charge in [0.15, 0.2) is 5.83 Å². The molecule has 0 saturated carbocycles. The van der Waals surface area contributed by atoms with Crippen molar-refractivity contribution in [3.05, 3.63) is 53.5 Å². The molecule has 3 aliphatic heterocycles. The number of para-hydroxylation sites is 1. The van der Waals surface area contributed by atoms with Gasteiger partial charge >= 0.3 is 6.01 Å². The first kappa shape index (κ1) is 30.6. The number of benzene rings is 1. The van der Waals surface area contributed by atoms with Gasteiger partial charge < -0.3 is 29.1 Å². The summed E-state index contributed by atoms with van der Waals surface area (Å²) in [5, 5.41) is 9.46. The van der Waals surface area contributed by atoms with Crippen LogP contribution in [-0.2, 0) is 22.5 Å². The first-order chi connectivity index (χ1) is 20.6. The number of hydrogen-bond acceptors (Lipinski definition) is 9. The van der Waals surface area contributed by atoms with E-state index in [1.165, 1.54) is 23.1 Å². The van der Waals surface area contributed by atoms with Crippen molar-refractivity contribution in [2.45, 2.75) is 31.8 Å². The Bertz CT molecular complexity index is 1390. The third kappa shape index (κ3) is 6.55. The van der Waals surface area contributed by atoms with Crippen LogP contribution in [0.25, 0.3) is 0 Å². The van der Waals surface area contributed by atoms with Crippen molar-refractivity contribution in [3.63, 3.8) is 0 Å². The lowest BCUT2D eigenvalue weighted by molar-refractivity contribution is -0.140. The molecule has 43 heavy (non-hydrogen) atoms. The second-order valence-electron chi connectivity index (χ2n) is 11.7. The standard InChI is InChI=1S/C30H36F3N7O3/c1-20(31)28(41)40-13-12-39(14-21(40)9-10-34)27-22-6-5-11-38(26-23(32)7-4-8-24(26)33)15-25(22)35-29(36-27)43-19-30(16-37(2)3)17-42-18-30/h4,7-8,21H,1,5-6,9,11-19H2,2-3H3/t21-/m0/s1. The molecule has 13 heteroatoms. The predicted octanol–water partition coefficient (Wildman–Crippen LogP) is 3.08. The number of carbonyl (C=O) groups excluding carboxylic acids is 1. The lowest BCUT2D eigenvalue weighted by Gasteiger charge is -2.42. The zero-order chi connectivity index (χ0) is 30.7. The van der Waals surface area contributed by atoms with Crippen LogP contribution in [0.3, 0.4) is 0 Å². The van der Waals surface area contributed by atoms with Crippen LogP contribution in [0.2, 0.25) is 0 Å². The van der Waals surface area contributed by atoms with E-state index in [-0.39, 0.29) is 43.2 Å². The third-order valence-electron chi connectivity index (χ3n) is 8.08. The van der Waals surface area contributed by atoms with Crippen molar-refractivity contribution in [1.82, 2.24) is 19.8 Å². The third-order valence-corrected chi connectivity index (χ3v) is 8.08. The molecule has 2 fully saturated rings. The van der Waals surface area contributed by atoms with Crippen molar-refractivity contribution in [3.8, 4) is 12.1 Å². The number of nitrogens with zero attached hydrogens (tertiary/aromatic N) is 7. The van der Waals surface area contributed by atoms with E-state index in [0.717, 1.165) is 12.1 Å². The van der Waals surface area contributed by atoms with Gasteiger partial charge in [0.05, 0.1) is 49.4 Å². The molecule has 3 aliphatic rings. The van der Waals surface area contributed by atoms with Gasteiger partial charge in [-0.15, -0.1) is 0 Å². The number of rotatable bonds is 9. The van der Waals surface area contributed by atoms with E-state index in [4.69, 9.17) is 19.4 Å². The molecule has 0 N–H and O–H groups in total. The smallest absolute Gasteiger partial charge is 0.318 e. The lowest BCUT2D eigenvalue weighted by Crippen LogP contribution is -2.55. The van der Waals surface area contributed by atoms with Crippen molar-refractivity contribution in [2.24, 2.45) is 5.41 Å². The fraction of sp³-hybridized carbons (Fsp3) is 0.533. The first-order valence-corrected chi connectivity index (χ1v) is 14.3. The fourth-order valence-corrected chi connectivity index (χ4v) is 6.15. The van der Waals surface area contributed by atoms with E-state index in [1.807, 2.05) is 19.0 Å². The molecular weight excluding hydrogens is 563 g/mol. The number of ether oxygens (including phenoxy) is 2. The zero-order valence-corrected chi connectivity index (χ0v) is 24.5. The lowest BCUT2D eigenvalue weighted by atomic mass is 9.86. The molecule has 0 aliphatic carbocycles. The molecule has 0 radical (unpaired) electrons. The number of aromatic nitrogens is 2. The van der Waals surface area contributed by atoms with Gasteiger partial charge in [0.25, 0.3) is 5.91 Å². The number of piperazine rings is 1. The van der Waals surface area contributed by atoms with E-state index < -0.39 is 29.4 Å². The highest BCUT2D eigenvalue weighted by Crippen LogP contribution is 2.35. The molecule has 230 valence electrons. The molecule has 1 amide bonds. The van der Waals surface area contributed by atoms with Gasteiger partial charge in [-0.3, -0.25) is 4.79 Å². The molecule has 1 aromatic heterocycles. The van der Waals surface area contributed by atoms with E-state index in [0.29, 0.717) is 57.3 Å². The van der Waals surface area contributed by atoms with Gasteiger partial charge in [0, 0.05) is 38.3 Å². The molecule has 5 rings (SSSR count). The van der Waals surface area contributed by atoms with Gasteiger partial charge in [0.1, 0.15) is 29.7 Å². The van der Waals surface area contributed by atoms with Gasteiger partial charge in [-0.05, 0) is 39.1 Å². The van der Waals surface area contributed by atoms with Crippen molar-refractivity contribution < 1.29 is 27.4 Å². The molecule has 0 spiro atoms. The van der Waals surface area contributed by atoms with Crippen LogP contribution in [0.1, 0.15) is 24.1 Å². The number of carbonyl (C=O) groups is 1. The molecular formula is C30H36F3N7O3. The van der Waals surface area contributed by atoms with Gasteiger partial charge in [-0.1, -0.05) is 12.6 Å². The number of fused-ring (bicyclic) bond motifs is 1. The average molecular weight is 600 g/mol. The Hall–Kier alpha value is -3.89. The van der Waals surface area contributed by atoms with Crippen LogP contribution in [0.5, 0.6) is 6.01 Å². The normalized spacial score (nSPS) is 19.7. The largest absolute Gasteiger partial charge is 0.463 e. The van der Waals surface area contributed by atoms with Gasteiger partial charge in [-0.25, -0.2) is 13.2 Å². The maximum absolute atomic E-state index is 14.8. The van der Waals surface area contributed by atoms with E-state index in [1.54, 1.807) is 4.90 Å². The molecule has 2 aromatic rings. The van der Waals surface area contributed by atoms with E-state index >= 15 is 0 Å². The maximum Gasteiger partial charge on any atom is 0.318 e. The highest BCUT2D eigenvalue weighted by atomic mass is 19.1. The van der Waals surface area contributed by atoms with Gasteiger partial charge in [0.2, 0.25) is 0 Å². The first-order valence-electron chi connectivity index (χ1n) is 14.3. The van der Waals surface area contributed by atoms with Crippen molar-refractivity contribution >= 4 is 17.4 Å². The van der Waals surface area contributed by atoms with Crippen LogP contribution < -0.4 is 14.5 Å². The minimum atomic E-state index is -1.07. The monoisotopic (exact) mass is 599 g/mol. The summed E-state index contributed by atoms with van der Waals surface area (Å²) in [5.74, 6) is -2.63. The molecule has 0 unspecified atom stereocenters. The number of amides is 1. The molecule has 10 nitrogen and oxygen atoms in total. The number of anilines is 2. The van der Waals surface area contributed by atoms with E-state index in [2.05, 4.69) is 17.5 Å². The number of nitriles is 1. The van der Waals surface area contributed by atoms with Crippen molar-refractivity contribution in [2.75, 3.05) is 76.4 Å². The molecule has 4 heterocycles. The second kappa shape index (κ2) is 12.8.